The summed E-state index contributed by atoms with van der Waals surface area (Å²) in [6.45, 7) is 8.28. The fraction of sp³-hybridized carbons (Fsp3) is 0.462. The Morgan fingerprint density at radius 3 is 2.24 bits per heavy atom. The number of carbonyl (C=O) groups is 2. The summed E-state index contributed by atoms with van der Waals surface area (Å²) in [5, 5.41) is 2.66. The number of hydrogen-bond acceptors (Lipinski definition) is 4. The minimum atomic E-state index is -3.51. The van der Waals surface area contributed by atoms with Crippen LogP contribution in [0.1, 0.15) is 48.4 Å². The monoisotopic (exact) mass is 487 g/mol. The topological polar surface area (TPSA) is 86.8 Å². The maximum atomic E-state index is 13.3. The normalized spacial score (nSPS) is 12.2. The van der Waals surface area contributed by atoms with Crippen molar-refractivity contribution >= 4 is 27.5 Å². The molecule has 34 heavy (non-hydrogen) atoms. The summed E-state index contributed by atoms with van der Waals surface area (Å²) in [4.78, 5) is 27.5. The van der Waals surface area contributed by atoms with E-state index < -0.39 is 16.1 Å². The highest BCUT2D eigenvalue weighted by Crippen LogP contribution is 2.22. The van der Waals surface area contributed by atoms with Crippen LogP contribution in [0.2, 0.25) is 0 Å². The minimum Gasteiger partial charge on any atom is -0.357 e. The van der Waals surface area contributed by atoms with Gasteiger partial charge in [-0.25, -0.2) is 8.42 Å². The number of aryl methyl sites for hydroxylation is 3. The van der Waals surface area contributed by atoms with Crippen molar-refractivity contribution in [1.29, 1.82) is 0 Å². The molecule has 0 bridgehead atoms. The third-order valence-corrected chi connectivity index (χ3v) is 7.36. The number of nitrogens with zero attached hydrogens (tertiary/aromatic N) is 2. The number of benzene rings is 2. The van der Waals surface area contributed by atoms with Gasteiger partial charge in [0.15, 0.2) is 0 Å². The van der Waals surface area contributed by atoms with Crippen molar-refractivity contribution < 1.29 is 18.0 Å². The van der Waals surface area contributed by atoms with Gasteiger partial charge in [0.2, 0.25) is 21.8 Å². The summed E-state index contributed by atoms with van der Waals surface area (Å²) < 4.78 is 26.3. The van der Waals surface area contributed by atoms with Crippen LogP contribution in [0.4, 0.5) is 5.69 Å². The van der Waals surface area contributed by atoms with Crippen LogP contribution >= 0.6 is 0 Å². The molecule has 0 unspecified atom stereocenters. The van der Waals surface area contributed by atoms with E-state index in [1.165, 1.54) is 10.6 Å². The highest BCUT2D eigenvalue weighted by atomic mass is 32.2. The number of hydrogen-bond donors (Lipinski definition) is 1. The SMILES string of the molecule is CC[C@@H](C(=O)NC)N(Cc1ccccc1C)C(=O)CCCN(c1ccc(C)c(C)c1)S(C)(=O)=O. The minimum absolute atomic E-state index is 0.135. The predicted octanol–water partition coefficient (Wildman–Crippen LogP) is 3.71. The first-order valence-electron chi connectivity index (χ1n) is 11.6. The third kappa shape index (κ3) is 7.06. The lowest BCUT2D eigenvalue weighted by Gasteiger charge is -2.31. The van der Waals surface area contributed by atoms with Gasteiger partial charge in [0.1, 0.15) is 6.04 Å². The Labute approximate surface area is 204 Å². The molecule has 0 saturated heterocycles. The van der Waals surface area contributed by atoms with E-state index in [9.17, 15) is 18.0 Å². The molecule has 0 aliphatic heterocycles. The highest BCUT2D eigenvalue weighted by Gasteiger charge is 2.28. The van der Waals surface area contributed by atoms with Gasteiger partial charge in [0.25, 0.3) is 0 Å². The van der Waals surface area contributed by atoms with Crippen LogP contribution in [-0.4, -0.2) is 51.0 Å². The molecule has 0 aliphatic carbocycles. The molecule has 2 aromatic rings. The van der Waals surface area contributed by atoms with Crippen LogP contribution in [0.3, 0.4) is 0 Å². The zero-order valence-electron chi connectivity index (χ0n) is 21.1. The molecule has 0 heterocycles. The fourth-order valence-electron chi connectivity index (χ4n) is 3.94. The zero-order valence-corrected chi connectivity index (χ0v) is 21.9. The lowest BCUT2D eigenvalue weighted by atomic mass is 10.1. The number of carbonyl (C=O) groups excluding carboxylic acids is 2. The highest BCUT2D eigenvalue weighted by molar-refractivity contribution is 7.92. The maximum absolute atomic E-state index is 13.3. The van der Waals surface area contributed by atoms with E-state index >= 15 is 0 Å². The van der Waals surface area contributed by atoms with E-state index in [1.807, 2.05) is 64.1 Å². The average molecular weight is 488 g/mol. The van der Waals surface area contributed by atoms with Crippen LogP contribution in [-0.2, 0) is 26.2 Å². The molecular formula is C26H37N3O4S. The summed E-state index contributed by atoms with van der Waals surface area (Å²) in [5.74, 6) is -0.385. The van der Waals surface area contributed by atoms with Crippen LogP contribution in [0.25, 0.3) is 0 Å². The summed E-state index contributed by atoms with van der Waals surface area (Å²) >= 11 is 0. The summed E-state index contributed by atoms with van der Waals surface area (Å²) in [6, 6.07) is 12.7. The van der Waals surface area contributed by atoms with Crippen molar-refractivity contribution in [2.45, 2.75) is 59.5 Å². The fourth-order valence-corrected chi connectivity index (χ4v) is 4.90. The van der Waals surface area contributed by atoms with Crippen molar-refractivity contribution in [2.24, 2.45) is 0 Å². The number of amides is 2. The summed E-state index contributed by atoms with van der Waals surface area (Å²) in [6.07, 6.45) is 2.13. The van der Waals surface area contributed by atoms with Crippen LogP contribution < -0.4 is 9.62 Å². The molecule has 0 aromatic heterocycles. The second-order valence-corrected chi connectivity index (χ2v) is 10.6. The smallest absolute Gasteiger partial charge is 0.242 e. The van der Waals surface area contributed by atoms with Gasteiger partial charge >= 0.3 is 0 Å². The second kappa shape index (κ2) is 12.0. The van der Waals surface area contributed by atoms with Gasteiger partial charge in [-0.1, -0.05) is 37.3 Å². The zero-order chi connectivity index (χ0) is 25.5. The lowest BCUT2D eigenvalue weighted by Crippen LogP contribution is -2.48. The van der Waals surface area contributed by atoms with Crippen molar-refractivity contribution in [3.05, 3.63) is 64.7 Å². The van der Waals surface area contributed by atoms with Crippen LogP contribution in [0, 0.1) is 20.8 Å². The molecule has 0 aliphatic rings. The molecule has 186 valence electrons. The van der Waals surface area contributed by atoms with Crippen LogP contribution in [0.5, 0.6) is 0 Å². The quantitative estimate of drug-likeness (QED) is 0.523. The Balaban J connectivity index is 2.21. The molecule has 7 nitrogen and oxygen atoms in total. The largest absolute Gasteiger partial charge is 0.357 e. The van der Waals surface area contributed by atoms with Gasteiger partial charge in [0, 0.05) is 26.6 Å². The van der Waals surface area contributed by atoms with Gasteiger partial charge in [0.05, 0.1) is 11.9 Å². The number of rotatable bonds is 11. The number of anilines is 1. The molecule has 0 spiro atoms. The van der Waals surface area contributed by atoms with Crippen molar-refractivity contribution in [3.8, 4) is 0 Å². The van der Waals surface area contributed by atoms with E-state index in [-0.39, 0.29) is 24.8 Å². The van der Waals surface area contributed by atoms with Gasteiger partial charge in [-0.3, -0.25) is 13.9 Å². The Kier molecular flexibility index (Phi) is 9.67. The molecule has 8 heteroatoms. The van der Waals surface area contributed by atoms with E-state index in [1.54, 1.807) is 18.0 Å². The van der Waals surface area contributed by atoms with E-state index in [2.05, 4.69) is 5.32 Å². The van der Waals surface area contributed by atoms with Crippen LogP contribution in [0.15, 0.2) is 42.5 Å². The Bertz CT molecular complexity index is 1110. The van der Waals surface area contributed by atoms with E-state index in [4.69, 9.17) is 0 Å². The first-order chi connectivity index (χ1) is 16.0. The molecule has 0 fully saturated rings. The first-order valence-corrected chi connectivity index (χ1v) is 13.4. The van der Waals surface area contributed by atoms with Gasteiger partial charge in [-0.15, -0.1) is 0 Å². The Morgan fingerprint density at radius 1 is 1.00 bits per heavy atom. The summed E-state index contributed by atoms with van der Waals surface area (Å²) in [5.41, 5.74) is 4.70. The lowest BCUT2D eigenvalue weighted by molar-refractivity contribution is -0.141. The molecule has 0 saturated carbocycles. The Hall–Kier alpha value is -2.87. The van der Waals surface area contributed by atoms with Gasteiger partial charge in [-0.2, -0.15) is 0 Å². The molecular weight excluding hydrogens is 450 g/mol. The summed E-state index contributed by atoms with van der Waals surface area (Å²) in [7, 11) is -1.95. The third-order valence-electron chi connectivity index (χ3n) is 6.16. The number of sulfonamides is 1. The molecule has 2 rings (SSSR count). The van der Waals surface area contributed by atoms with E-state index in [0.717, 1.165) is 22.3 Å². The maximum Gasteiger partial charge on any atom is 0.242 e. The second-order valence-electron chi connectivity index (χ2n) is 8.69. The van der Waals surface area contributed by atoms with Crippen molar-refractivity contribution in [2.75, 3.05) is 24.2 Å². The van der Waals surface area contributed by atoms with Gasteiger partial charge < -0.3 is 10.2 Å². The molecule has 2 amide bonds. The molecule has 1 atom stereocenters. The molecule has 2 aromatic carbocycles. The molecule has 1 N–H and O–H groups in total. The predicted molar refractivity (Wildman–Crippen MR) is 137 cm³/mol. The first kappa shape index (κ1) is 27.4. The van der Waals surface area contributed by atoms with Gasteiger partial charge in [-0.05, 0) is 68.0 Å². The molecule has 0 radical (unpaired) electrons. The Morgan fingerprint density at radius 2 is 1.68 bits per heavy atom. The van der Waals surface area contributed by atoms with Crippen molar-refractivity contribution in [3.63, 3.8) is 0 Å². The standard InChI is InChI=1S/C26H37N3O4S/c1-7-24(26(31)27-5)28(18-22-12-9-8-11-20(22)3)25(30)13-10-16-29(34(6,32)33)23-15-14-19(2)21(4)17-23/h8-9,11-12,14-15,17,24H,7,10,13,16,18H2,1-6H3,(H,27,31)/t24-/m0/s1. The van der Waals surface area contributed by atoms with Crippen molar-refractivity contribution in [1.82, 2.24) is 10.2 Å². The number of likely N-dealkylation sites (N-methyl/N-ethyl adjacent to an activating group) is 1. The average Bonchev–Trinajstić information content (AvgIpc) is 2.78. The number of nitrogens with one attached hydrogen (secondary N) is 1. The van der Waals surface area contributed by atoms with E-state index in [0.29, 0.717) is 25.1 Å².